The van der Waals surface area contributed by atoms with Crippen LogP contribution in [0.4, 0.5) is 4.39 Å². The second kappa shape index (κ2) is 12.9. The van der Waals surface area contributed by atoms with Gasteiger partial charge >= 0.3 is 0 Å². The highest BCUT2D eigenvalue weighted by atomic mass is 35.5. The van der Waals surface area contributed by atoms with Gasteiger partial charge < -0.3 is 15.0 Å². The van der Waals surface area contributed by atoms with Crippen LogP contribution in [0, 0.1) is 5.82 Å². The Balaban J connectivity index is 1.63. The Hall–Kier alpha value is -3.09. The van der Waals surface area contributed by atoms with Crippen LogP contribution in [0.2, 0.25) is 10.0 Å². The number of hydrogen-bond donors (Lipinski definition) is 1. The van der Waals surface area contributed by atoms with Crippen molar-refractivity contribution in [2.45, 2.75) is 50.7 Å². The molecule has 194 valence electrons. The zero-order valence-electron chi connectivity index (χ0n) is 20.3. The third kappa shape index (κ3) is 7.46. The Labute approximate surface area is 226 Å². The first-order chi connectivity index (χ1) is 17.9. The van der Waals surface area contributed by atoms with Crippen LogP contribution < -0.4 is 10.1 Å². The van der Waals surface area contributed by atoms with Gasteiger partial charge in [0.15, 0.2) is 6.61 Å². The molecule has 1 saturated carbocycles. The molecule has 0 radical (unpaired) electrons. The van der Waals surface area contributed by atoms with Crippen LogP contribution in [0.25, 0.3) is 0 Å². The van der Waals surface area contributed by atoms with Gasteiger partial charge in [0.25, 0.3) is 5.91 Å². The summed E-state index contributed by atoms with van der Waals surface area (Å²) in [5, 5.41) is 3.83. The molecule has 0 spiro atoms. The molecule has 0 unspecified atom stereocenters. The molecule has 3 aromatic rings. The molecule has 1 N–H and O–H groups in total. The molecule has 8 heteroatoms. The van der Waals surface area contributed by atoms with Gasteiger partial charge in [-0.05, 0) is 42.7 Å². The van der Waals surface area contributed by atoms with Gasteiger partial charge in [0.05, 0.1) is 5.02 Å². The fourth-order valence-corrected chi connectivity index (χ4v) is 5.01. The number of halogens is 3. The Kier molecular flexibility index (Phi) is 9.42. The van der Waals surface area contributed by atoms with E-state index >= 15 is 0 Å². The summed E-state index contributed by atoms with van der Waals surface area (Å²) in [7, 11) is 0. The fraction of sp³-hybridized carbons (Fsp3) is 0.310. The van der Waals surface area contributed by atoms with E-state index in [4.69, 9.17) is 27.9 Å². The first kappa shape index (κ1) is 27.0. The van der Waals surface area contributed by atoms with Crippen LogP contribution in [0.5, 0.6) is 5.75 Å². The lowest BCUT2D eigenvalue weighted by Crippen LogP contribution is -2.53. The van der Waals surface area contributed by atoms with Crippen molar-refractivity contribution in [3.63, 3.8) is 0 Å². The normalized spacial score (nSPS) is 14.2. The van der Waals surface area contributed by atoms with E-state index in [0.717, 1.165) is 31.2 Å². The number of carbonyl (C=O) groups is 2. The number of benzene rings is 3. The van der Waals surface area contributed by atoms with Gasteiger partial charge in [0.2, 0.25) is 5.91 Å². The maximum atomic E-state index is 14.7. The van der Waals surface area contributed by atoms with Crippen molar-refractivity contribution in [1.82, 2.24) is 10.2 Å². The number of nitrogens with one attached hydrogen (secondary N) is 1. The van der Waals surface area contributed by atoms with Crippen molar-refractivity contribution in [1.29, 1.82) is 0 Å². The van der Waals surface area contributed by atoms with E-state index < -0.39 is 17.8 Å². The van der Waals surface area contributed by atoms with Crippen LogP contribution in [-0.4, -0.2) is 35.4 Å². The van der Waals surface area contributed by atoms with Crippen LogP contribution in [-0.2, 0) is 22.6 Å². The minimum Gasteiger partial charge on any atom is -0.482 e. The van der Waals surface area contributed by atoms with Crippen LogP contribution in [0.15, 0.2) is 72.8 Å². The third-order valence-electron chi connectivity index (χ3n) is 6.52. The zero-order chi connectivity index (χ0) is 26.2. The Morgan fingerprint density at radius 2 is 1.70 bits per heavy atom. The van der Waals surface area contributed by atoms with E-state index in [1.165, 1.54) is 17.0 Å². The molecule has 0 saturated heterocycles. The van der Waals surface area contributed by atoms with Crippen molar-refractivity contribution in [2.24, 2.45) is 0 Å². The largest absolute Gasteiger partial charge is 0.482 e. The summed E-state index contributed by atoms with van der Waals surface area (Å²) in [6.45, 7) is -0.462. The number of ether oxygens (including phenoxy) is 1. The number of nitrogens with zero attached hydrogens (tertiary/aromatic N) is 1. The van der Waals surface area contributed by atoms with Gasteiger partial charge in [-0.3, -0.25) is 9.59 Å². The average Bonchev–Trinajstić information content (AvgIpc) is 3.40. The highest BCUT2D eigenvalue weighted by molar-refractivity contribution is 6.35. The summed E-state index contributed by atoms with van der Waals surface area (Å²) in [6, 6.07) is 19.6. The standard InChI is InChI=1S/C29H29Cl2FN2O3/c30-22-14-15-27(24(31)17-22)37-19-28(35)34(18-21-10-4-7-13-25(21)32)26(16-20-8-2-1-3-9-20)29(36)33-23-11-5-6-12-23/h1-4,7-10,13-15,17,23,26H,5-6,11-12,16,18-19H2,(H,33,36)/t26-/m1/s1. The van der Waals surface area contributed by atoms with Crippen LogP contribution in [0.3, 0.4) is 0 Å². The zero-order valence-corrected chi connectivity index (χ0v) is 21.9. The number of rotatable bonds is 10. The molecule has 0 aliphatic heterocycles. The maximum absolute atomic E-state index is 14.7. The predicted molar refractivity (Wildman–Crippen MR) is 143 cm³/mol. The first-order valence-corrected chi connectivity index (χ1v) is 13.1. The Bertz CT molecular complexity index is 1220. The molecule has 0 heterocycles. The van der Waals surface area contributed by atoms with Gasteiger partial charge in [0, 0.05) is 29.6 Å². The molecule has 1 aliphatic rings. The van der Waals surface area contributed by atoms with E-state index in [-0.39, 0.29) is 36.5 Å². The fourth-order valence-electron chi connectivity index (χ4n) is 4.55. The van der Waals surface area contributed by atoms with Crippen molar-refractivity contribution < 1.29 is 18.7 Å². The number of amides is 2. The Morgan fingerprint density at radius 3 is 2.41 bits per heavy atom. The molecule has 5 nitrogen and oxygen atoms in total. The molecule has 3 aromatic carbocycles. The molecule has 0 bridgehead atoms. The molecule has 1 aliphatic carbocycles. The second-order valence-corrected chi connectivity index (χ2v) is 10.0. The quantitative estimate of drug-likeness (QED) is 0.331. The molecule has 0 aromatic heterocycles. The van der Waals surface area contributed by atoms with Crippen molar-refractivity contribution in [3.8, 4) is 5.75 Å². The SMILES string of the molecule is O=C(NC1CCCC1)[C@@H](Cc1ccccc1)N(Cc1ccccc1F)C(=O)COc1ccc(Cl)cc1Cl. The van der Waals surface area contributed by atoms with E-state index in [0.29, 0.717) is 16.3 Å². The van der Waals surface area contributed by atoms with Crippen molar-refractivity contribution in [2.75, 3.05) is 6.61 Å². The highest BCUT2D eigenvalue weighted by Gasteiger charge is 2.33. The predicted octanol–water partition coefficient (Wildman–Crippen LogP) is 6.21. The first-order valence-electron chi connectivity index (χ1n) is 12.4. The van der Waals surface area contributed by atoms with E-state index in [1.807, 2.05) is 30.3 Å². The monoisotopic (exact) mass is 542 g/mol. The van der Waals surface area contributed by atoms with E-state index in [2.05, 4.69) is 5.32 Å². The summed E-state index contributed by atoms with van der Waals surface area (Å²) in [5.74, 6) is -0.876. The van der Waals surface area contributed by atoms with Gasteiger partial charge in [-0.2, -0.15) is 0 Å². The lowest BCUT2D eigenvalue weighted by Gasteiger charge is -2.32. The molecule has 4 rings (SSSR count). The van der Waals surface area contributed by atoms with E-state index in [1.54, 1.807) is 30.3 Å². The minimum atomic E-state index is -0.862. The molecular weight excluding hydrogens is 514 g/mol. The number of carbonyl (C=O) groups excluding carboxylic acids is 2. The summed E-state index contributed by atoms with van der Waals surface area (Å²) in [4.78, 5) is 28.6. The lowest BCUT2D eigenvalue weighted by atomic mass is 10.0. The smallest absolute Gasteiger partial charge is 0.261 e. The summed E-state index contributed by atoms with van der Waals surface area (Å²) >= 11 is 12.2. The molecule has 1 fully saturated rings. The van der Waals surface area contributed by atoms with Crippen LogP contribution >= 0.6 is 23.2 Å². The summed E-state index contributed by atoms with van der Waals surface area (Å²) in [5.41, 5.74) is 1.20. The molecular formula is C29H29Cl2FN2O3. The van der Waals surface area contributed by atoms with Gasteiger partial charge in [0.1, 0.15) is 17.6 Å². The molecule has 1 atom stereocenters. The molecule has 37 heavy (non-hydrogen) atoms. The van der Waals surface area contributed by atoms with Gasteiger partial charge in [-0.25, -0.2) is 4.39 Å². The van der Waals surface area contributed by atoms with E-state index in [9.17, 15) is 14.0 Å². The van der Waals surface area contributed by atoms with Crippen molar-refractivity contribution >= 4 is 35.0 Å². The lowest BCUT2D eigenvalue weighted by molar-refractivity contribution is -0.143. The maximum Gasteiger partial charge on any atom is 0.261 e. The topological polar surface area (TPSA) is 58.6 Å². The van der Waals surface area contributed by atoms with Crippen LogP contribution in [0.1, 0.15) is 36.8 Å². The highest BCUT2D eigenvalue weighted by Crippen LogP contribution is 2.28. The minimum absolute atomic E-state index is 0.0697. The van der Waals surface area contributed by atoms with Gasteiger partial charge in [-0.15, -0.1) is 0 Å². The van der Waals surface area contributed by atoms with Crippen molar-refractivity contribution in [3.05, 3.63) is 99.8 Å². The summed E-state index contributed by atoms with van der Waals surface area (Å²) in [6.07, 6.45) is 4.21. The Morgan fingerprint density at radius 1 is 1.00 bits per heavy atom. The average molecular weight is 543 g/mol. The molecule has 2 amide bonds. The second-order valence-electron chi connectivity index (χ2n) is 9.17. The van der Waals surface area contributed by atoms with Gasteiger partial charge in [-0.1, -0.05) is 84.6 Å². The number of hydrogen-bond acceptors (Lipinski definition) is 3. The third-order valence-corrected chi connectivity index (χ3v) is 7.05. The summed E-state index contributed by atoms with van der Waals surface area (Å²) < 4.78 is 20.4.